The summed E-state index contributed by atoms with van der Waals surface area (Å²) in [6, 6.07) is 4.95. The Balaban J connectivity index is 0.803. The number of hydrogen-bond acceptors (Lipinski definition) is 15. The molecule has 0 bridgehead atoms. The van der Waals surface area contributed by atoms with Crippen molar-refractivity contribution < 1.29 is 51.9 Å². The van der Waals surface area contributed by atoms with E-state index in [1.807, 2.05) is 0 Å². The van der Waals surface area contributed by atoms with Gasteiger partial charge in [0.25, 0.3) is 5.56 Å². The highest BCUT2D eigenvalue weighted by atomic mass is 32.2. The Bertz CT molecular complexity index is 2170. The van der Waals surface area contributed by atoms with E-state index in [9.17, 15) is 23.6 Å². The van der Waals surface area contributed by atoms with E-state index in [4.69, 9.17) is 38.9 Å². The molecular formula is C44H63FN8O11S. The predicted octanol–water partition coefficient (Wildman–Crippen LogP) is 3.23. The number of anilines is 1. The van der Waals surface area contributed by atoms with Crippen molar-refractivity contribution in [3.63, 3.8) is 0 Å². The van der Waals surface area contributed by atoms with Crippen LogP contribution in [0.25, 0.3) is 11.2 Å². The van der Waals surface area contributed by atoms with Crippen LogP contribution in [-0.2, 0) is 49.3 Å². The van der Waals surface area contributed by atoms with Crippen molar-refractivity contribution in [1.29, 1.82) is 0 Å². The molecule has 6 N–H and O–H groups in total. The largest absolute Gasteiger partial charge is 0.443 e. The molecular weight excluding hydrogens is 868 g/mol. The molecule has 1 aliphatic carbocycles. The fourth-order valence-electron chi connectivity index (χ4n) is 8.28. The van der Waals surface area contributed by atoms with Gasteiger partial charge in [0.1, 0.15) is 35.3 Å². The number of ether oxygens (including phenoxy) is 7. The fourth-order valence-corrected chi connectivity index (χ4v) is 9.30. The van der Waals surface area contributed by atoms with Crippen LogP contribution in [-0.4, -0.2) is 145 Å². The second-order valence-corrected chi connectivity index (χ2v) is 17.9. The SMILES string of the molecule is CO[C@@H]1[C@H](OC(=O)NCCCOCCOCCOCCCNC(=O)[C@H](CSc2nc3c(=O)[nH]c(N)nc3n2Cc2ccc(F)cc2)NC(C)=O)CC[C@]2(CO2)[C@H]1[C@@]1(C)O[C@H]1CC=C(C)C. The number of fused-ring (bicyclic) bond motifs is 1. The van der Waals surface area contributed by atoms with E-state index in [2.05, 4.69) is 57.7 Å². The van der Waals surface area contributed by atoms with Gasteiger partial charge in [-0.05, 0) is 70.6 Å². The molecule has 65 heavy (non-hydrogen) atoms. The lowest BCUT2D eigenvalue weighted by Crippen LogP contribution is -2.56. The van der Waals surface area contributed by atoms with E-state index in [0.717, 1.165) is 30.2 Å². The first-order valence-corrected chi connectivity index (χ1v) is 23.0. The first-order chi connectivity index (χ1) is 31.2. The topological polar surface area (TPSA) is 248 Å². The van der Waals surface area contributed by atoms with E-state index in [1.165, 1.54) is 24.6 Å². The summed E-state index contributed by atoms with van der Waals surface area (Å²) in [4.78, 5) is 61.7. The molecule has 7 atom stereocenters. The Morgan fingerprint density at radius 3 is 2.32 bits per heavy atom. The standard InChI is InChI=1S/C44H63FN8O11S/c1-27(2)8-13-33-43(4,64-33)36-35(58-5)32(14-15-44(36)26-62-44)63-42(57)48-17-7-19-60-21-23-61-22-20-59-18-6-16-47-38(55)31(49-28(3)54)25-65-41-50-34-37(51-40(46)52-39(34)56)53(41)24-29-9-11-30(45)12-10-29/h8-12,31-33,35-36H,6-7,13-26H2,1-5H3,(H,47,55)(H,48,57)(H,49,54)(H3,46,51,52,56)/t31-,32+,33-,35+,36+,43-,44-/m0/s1. The number of imidazole rings is 1. The highest BCUT2D eigenvalue weighted by Crippen LogP contribution is 2.59. The number of aromatic nitrogens is 4. The average molecular weight is 931 g/mol. The van der Waals surface area contributed by atoms with Gasteiger partial charge in [0.05, 0.1) is 51.6 Å². The maximum absolute atomic E-state index is 13.6. The van der Waals surface area contributed by atoms with Gasteiger partial charge in [-0.15, -0.1) is 0 Å². The zero-order chi connectivity index (χ0) is 46.6. The van der Waals surface area contributed by atoms with Gasteiger partial charge >= 0.3 is 6.09 Å². The van der Waals surface area contributed by atoms with Crippen LogP contribution in [0.1, 0.15) is 65.4 Å². The third-order valence-electron chi connectivity index (χ3n) is 11.7. The lowest BCUT2D eigenvalue weighted by atomic mass is 9.68. The molecule has 3 fully saturated rings. The van der Waals surface area contributed by atoms with Gasteiger partial charge < -0.3 is 54.8 Å². The van der Waals surface area contributed by atoms with Crippen molar-refractivity contribution in [3.05, 3.63) is 57.6 Å². The minimum Gasteiger partial charge on any atom is -0.443 e. The van der Waals surface area contributed by atoms with Gasteiger partial charge in [-0.2, -0.15) is 4.98 Å². The smallest absolute Gasteiger partial charge is 0.407 e. The molecule has 2 aromatic heterocycles. The third-order valence-corrected chi connectivity index (χ3v) is 12.7. The molecule has 1 spiro atoms. The molecule has 3 aliphatic rings. The van der Waals surface area contributed by atoms with Gasteiger partial charge in [-0.3, -0.25) is 23.9 Å². The van der Waals surface area contributed by atoms with Crippen LogP contribution in [0.5, 0.6) is 0 Å². The van der Waals surface area contributed by atoms with Crippen LogP contribution >= 0.6 is 11.8 Å². The van der Waals surface area contributed by atoms with E-state index in [1.54, 1.807) is 23.8 Å². The molecule has 2 aliphatic heterocycles. The lowest BCUT2D eigenvalue weighted by molar-refractivity contribution is -0.127. The maximum atomic E-state index is 13.6. The molecule has 2 saturated heterocycles. The molecule has 3 amide bonds. The average Bonchev–Trinajstić information content (AvgIpc) is 4.15. The summed E-state index contributed by atoms with van der Waals surface area (Å²) in [5, 5.41) is 8.69. The van der Waals surface area contributed by atoms with Gasteiger partial charge in [0, 0.05) is 46.1 Å². The third kappa shape index (κ3) is 13.7. The predicted molar refractivity (Wildman–Crippen MR) is 239 cm³/mol. The van der Waals surface area contributed by atoms with Gasteiger partial charge in [0.15, 0.2) is 16.3 Å². The number of rotatable bonds is 26. The lowest BCUT2D eigenvalue weighted by Gasteiger charge is -2.42. The van der Waals surface area contributed by atoms with Crippen molar-refractivity contribution in [2.75, 3.05) is 77.9 Å². The van der Waals surface area contributed by atoms with E-state index >= 15 is 0 Å². The van der Waals surface area contributed by atoms with Crippen LogP contribution in [0.4, 0.5) is 15.1 Å². The summed E-state index contributed by atoms with van der Waals surface area (Å²) in [5.41, 5.74) is 6.86. The number of carbonyl (C=O) groups is 3. The first kappa shape index (κ1) is 49.8. The number of hydrogen-bond donors (Lipinski definition) is 5. The molecule has 0 unspecified atom stereocenters. The van der Waals surface area contributed by atoms with Crippen LogP contribution < -0.4 is 27.2 Å². The molecule has 1 aromatic carbocycles. The number of nitrogen functional groups attached to an aromatic ring is 1. The number of nitrogens with one attached hydrogen (secondary N) is 4. The number of nitrogens with two attached hydrogens (primary N) is 1. The van der Waals surface area contributed by atoms with Gasteiger partial charge in [-0.25, -0.2) is 14.2 Å². The Morgan fingerprint density at radius 2 is 1.69 bits per heavy atom. The monoisotopic (exact) mass is 930 g/mol. The number of benzene rings is 1. The number of amides is 3. The van der Waals surface area contributed by atoms with E-state index < -0.39 is 47.0 Å². The summed E-state index contributed by atoms with van der Waals surface area (Å²) in [6.07, 6.45) is 4.44. The molecule has 4 heterocycles. The minimum atomic E-state index is -0.912. The quantitative estimate of drug-likeness (QED) is 0.0336. The second-order valence-electron chi connectivity index (χ2n) is 16.9. The number of carbonyl (C=O) groups excluding carboxylic acids is 3. The number of methoxy groups -OCH3 is 1. The first-order valence-electron chi connectivity index (χ1n) is 22.1. The van der Waals surface area contributed by atoms with E-state index in [0.29, 0.717) is 83.8 Å². The Labute approximate surface area is 381 Å². The summed E-state index contributed by atoms with van der Waals surface area (Å²) < 4.78 is 56.2. The molecule has 19 nitrogen and oxygen atoms in total. The number of thioether (sulfide) groups is 1. The normalized spacial score (nSPS) is 23.8. The molecule has 3 aromatic rings. The highest BCUT2D eigenvalue weighted by Gasteiger charge is 2.72. The van der Waals surface area contributed by atoms with Crippen molar-refractivity contribution in [2.24, 2.45) is 5.92 Å². The summed E-state index contributed by atoms with van der Waals surface area (Å²) in [6.45, 7) is 11.5. The number of nitrogens with zero attached hydrogens (tertiary/aromatic N) is 3. The van der Waals surface area contributed by atoms with Gasteiger partial charge in [-0.1, -0.05) is 35.5 Å². The number of H-pyrrole nitrogens is 1. The number of epoxide rings is 2. The Morgan fingerprint density at radius 1 is 1.03 bits per heavy atom. The van der Waals surface area contributed by atoms with Crippen molar-refractivity contribution in [1.82, 2.24) is 35.5 Å². The molecule has 358 valence electrons. The summed E-state index contributed by atoms with van der Waals surface area (Å²) >= 11 is 1.15. The second kappa shape index (κ2) is 23.2. The van der Waals surface area contributed by atoms with Gasteiger partial charge in [0.2, 0.25) is 17.8 Å². The minimum absolute atomic E-state index is 0.0382. The maximum Gasteiger partial charge on any atom is 0.407 e. The van der Waals surface area contributed by atoms with E-state index in [-0.39, 0.29) is 53.1 Å². The summed E-state index contributed by atoms with van der Waals surface area (Å²) in [7, 11) is 1.66. The number of allylic oxidation sites excluding steroid dienone is 1. The van der Waals surface area contributed by atoms with Crippen LogP contribution in [0.3, 0.4) is 0 Å². The summed E-state index contributed by atoms with van der Waals surface area (Å²) in [5.74, 6) is -1.22. The molecule has 21 heteroatoms. The Kier molecular flexibility index (Phi) is 17.8. The number of aromatic amines is 1. The zero-order valence-corrected chi connectivity index (χ0v) is 38.6. The molecule has 0 radical (unpaired) electrons. The number of halogens is 1. The Hall–Kier alpha value is -4.64. The van der Waals surface area contributed by atoms with Crippen molar-refractivity contribution >= 4 is 46.8 Å². The van der Waals surface area contributed by atoms with Crippen LogP contribution in [0.2, 0.25) is 0 Å². The molecule has 1 saturated carbocycles. The van der Waals surface area contributed by atoms with Crippen LogP contribution in [0.15, 0.2) is 45.9 Å². The van der Waals surface area contributed by atoms with Crippen LogP contribution in [0, 0.1) is 11.7 Å². The van der Waals surface area contributed by atoms with Crippen molar-refractivity contribution in [3.8, 4) is 0 Å². The zero-order valence-electron chi connectivity index (χ0n) is 37.8. The fraction of sp³-hybridized carbons (Fsp3) is 0.636. The van der Waals surface area contributed by atoms with Crippen molar-refractivity contribution in [2.45, 2.75) is 107 Å². The highest BCUT2D eigenvalue weighted by molar-refractivity contribution is 7.99. The molecule has 6 rings (SSSR count). The number of alkyl carbamates (subject to hydrolysis) is 1.